The van der Waals surface area contributed by atoms with E-state index in [1.807, 2.05) is 54.6 Å². The van der Waals surface area contributed by atoms with Gasteiger partial charge in [-0.05, 0) is 41.1 Å². The summed E-state index contributed by atoms with van der Waals surface area (Å²) in [7, 11) is 0. The molecule has 0 radical (unpaired) electrons. The van der Waals surface area contributed by atoms with Crippen LogP contribution in [-0.4, -0.2) is 20.4 Å². The van der Waals surface area contributed by atoms with Gasteiger partial charge in [-0.2, -0.15) is 4.98 Å². The van der Waals surface area contributed by atoms with E-state index < -0.39 is 0 Å². The number of nitrogen functional groups attached to an aromatic ring is 2. The Morgan fingerprint density at radius 3 is 2.56 bits per heavy atom. The van der Waals surface area contributed by atoms with E-state index in [0.29, 0.717) is 22.3 Å². The lowest BCUT2D eigenvalue weighted by molar-refractivity contribution is 0.0965. The number of hydrogen-bond acceptors (Lipinski definition) is 5. The fourth-order valence-electron chi connectivity index (χ4n) is 3.53. The molecule has 27 heavy (non-hydrogen) atoms. The zero-order valence-electron chi connectivity index (χ0n) is 14.3. The van der Waals surface area contributed by atoms with Crippen LogP contribution in [0.5, 0.6) is 0 Å². The summed E-state index contributed by atoms with van der Waals surface area (Å²) in [5, 5.41) is 3.64. The number of carbonyl (C=O) groups is 1. The molecule has 0 amide bonds. The number of carbonyl (C=O) groups excluding carboxylic acids is 1. The van der Waals surface area contributed by atoms with Crippen molar-refractivity contribution in [3.8, 4) is 0 Å². The first kappa shape index (κ1) is 15.3. The van der Waals surface area contributed by atoms with Gasteiger partial charge in [-0.3, -0.25) is 9.36 Å². The van der Waals surface area contributed by atoms with Crippen molar-refractivity contribution in [2.45, 2.75) is 0 Å². The van der Waals surface area contributed by atoms with E-state index in [1.165, 1.54) is 0 Å². The highest BCUT2D eigenvalue weighted by atomic mass is 16.2. The van der Waals surface area contributed by atoms with Crippen LogP contribution in [0.2, 0.25) is 0 Å². The average molecular weight is 353 g/mol. The van der Waals surface area contributed by atoms with Crippen LogP contribution in [0, 0.1) is 0 Å². The molecule has 5 rings (SSSR count). The quantitative estimate of drug-likeness (QED) is 0.480. The highest BCUT2D eigenvalue weighted by Crippen LogP contribution is 2.30. The Balaban J connectivity index is 1.70. The number of hydrogen-bond donors (Lipinski definition) is 2. The minimum atomic E-state index is -0.106. The largest absolute Gasteiger partial charge is 0.383 e. The standard InChI is InChI=1S/C21H15N5O/c22-19-18-15-9-10-26(17(15)8-7-16(18)24-21(23)25-19)20(27)14-6-5-12-3-1-2-4-13(12)11-14/h1-11H,(H4,22,23,24,25). The van der Waals surface area contributed by atoms with E-state index >= 15 is 0 Å². The number of fused-ring (bicyclic) bond motifs is 4. The van der Waals surface area contributed by atoms with E-state index in [0.717, 1.165) is 21.7 Å². The molecule has 0 aliphatic heterocycles. The molecule has 130 valence electrons. The molecule has 0 unspecified atom stereocenters. The molecule has 4 N–H and O–H groups in total. The van der Waals surface area contributed by atoms with Gasteiger partial charge in [0.2, 0.25) is 5.95 Å². The lowest BCUT2D eigenvalue weighted by atomic mass is 10.1. The molecule has 6 heteroatoms. The molecule has 5 aromatic rings. The van der Waals surface area contributed by atoms with E-state index in [9.17, 15) is 4.79 Å². The summed E-state index contributed by atoms with van der Waals surface area (Å²) in [6, 6.07) is 19.2. The Labute approximate surface area is 154 Å². The average Bonchev–Trinajstić information content (AvgIpc) is 3.10. The number of benzene rings is 3. The lowest BCUT2D eigenvalue weighted by Gasteiger charge is -2.08. The van der Waals surface area contributed by atoms with Gasteiger partial charge < -0.3 is 11.5 Å². The minimum absolute atomic E-state index is 0.106. The van der Waals surface area contributed by atoms with Crippen LogP contribution in [0.15, 0.2) is 66.9 Å². The number of nitrogens with two attached hydrogens (primary N) is 2. The molecule has 2 heterocycles. The second-order valence-electron chi connectivity index (χ2n) is 6.41. The van der Waals surface area contributed by atoms with Gasteiger partial charge in [0, 0.05) is 17.1 Å². The number of aromatic nitrogens is 3. The Bertz CT molecular complexity index is 1370. The Hall–Kier alpha value is -3.93. The maximum Gasteiger partial charge on any atom is 0.262 e. The maximum atomic E-state index is 13.1. The Kier molecular flexibility index (Phi) is 3.14. The van der Waals surface area contributed by atoms with Crippen LogP contribution in [0.1, 0.15) is 10.4 Å². The summed E-state index contributed by atoms with van der Waals surface area (Å²) in [5.74, 6) is 0.329. The van der Waals surface area contributed by atoms with Crippen LogP contribution < -0.4 is 11.5 Å². The molecular weight excluding hydrogens is 338 g/mol. The third-order valence-electron chi connectivity index (χ3n) is 4.79. The third-order valence-corrected chi connectivity index (χ3v) is 4.79. The number of rotatable bonds is 1. The predicted molar refractivity (Wildman–Crippen MR) is 108 cm³/mol. The zero-order valence-corrected chi connectivity index (χ0v) is 14.3. The second kappa shape index (κ2) is 5.54. The van der Waals surface area contributed by atoms with Crippen LogP contribution in [0.3, 0.4) is 0 Å². The van der Waals surface area contributed by atoms with Crippen molar-refractivity contribution in [1.82, 2.24) is 14.5 Å². The van der Waals surface area contributed by atoms with Crippen LogP contribution in [-0.2, 0) is 0 Å². The molecular formula is C21H15N5O. The highest BCUT2D eigenvalue weighted by molar-refractivity contribution is 6.14. The number of anilines is 2. The summed E-state index contributed by atoms with van der Waals surface area (Å²) >= 11 is 0. The van der Waals surface area contributed by atoms with Crippen LogP contribution in [0.4, 0.5) is 11.8 Å². The Morgan fingerprint density at radius 2 is 1.70 bits per heavy atom. The van der Waals surface area contributed by atoms with Crippen molar-refractivity contribution < 1.29 is 4.79 Å². The molecule has 0 fully saturated rings. The van der Waals surface area contributed by atoms with Crippen molar-refractivity contribution in [1.29, 1.82) is 0 Å². The van der Waals surface area contributed by atoms with E-state index in [1.54, 1.807) is 16.8 Å². The molecule has 6 nitrogen and oxygen atoms in total. The summed E-state index contributed by atoms with van der Waals surface area (Å²) in [4.78, 5) is 21.4. The lowest BCUT2D eigenvalue weighted by Crippen LogP contribution is -2.10. The van der Waals surface area contributed by atoms with Gasteiger partial charge in [0.15, 0.2) is 0 Å². The van der Waals surface area contributed by atoms with Gasteiger partial charge in [-0.1, -0.05) is 30.3 Å². The van der Waals surface area contributed by atoms with Gasteiger partial charge in [0.25, 0.3) is 5.91 Å². The smallest absolute Gasteiger partial charge is 0.262 e. The maximum absolute atomic E-state index is 13.1. The van der Waals surface area contributed by atoms with Gasteiger partial charge in [-0.25, -0.2) is 4.98 Å². The summed E-state index contributed by atoms with van der Waals surface area (Å²) in [5.41, 5.74) is 13.8. The molecule has 3 aromatic carbocycles. The number of nitrogens with zero attached hydrogens (tertiary/aromatic N) is 3. The molecule has 0 spiro atoms. The molecule has 0 saturated heterocycles. The van der Waals surface area contributed by atoms with Gasteiger partial charge >= 0.3 is 0 Å². The summed E-state index contributed by atoms with van der Waals surface area (Å²) in [6.45, 7) is 0. The normalized spacial score (nSPS) is 11.4. The fraction of sp³-hybridized carbons (Fsp3) is 0. The Morgan fingerprint density at radius 1 is 0.889 bits per heavy atom. The first-order valence-corrected chi connectivity index (χ1v) is 8.48. The van der Waals surface area contributed by atoms with Crippen molar-refractivity contribution in [3.63, 3.8) is 0 Å². The van der Waals surface area contributed by atoms with Gasteiger partial charge in [0.1, 0.15) is 5.82 Å². The molecule has 0 aliphatic rings. The molecule has 0 bridgehead atoms. The zero-order chi connectivity index (χ0) is 18.5. The van der Waals surface area contributed by atoms with E-state index in [4.69, 9.17) is 11.5 Å². The fourth-order valence-corrected chi connectivity index (χ4v) is 3.53. The van der Waals surface area contributed by atoms with E-state index in [2.05, 4.69) is 9.97 Å². The van der Waals surface area contributed by atoms with Crippen molar-refractivity contribution in [3.05, 3.63) is 72.4 Å². The topological polar surface area (TPSA) is 99.8 Å². The third kappa shape index (κ3) is 2.31. The molecule has 2 aromatic heterocycles. The second-order valence-corrected chi connectivity index (χ2v) is 6.41. The van der Waals surface area contributed by atoms with Gasteiger partial charge in [0.05, 0.1) is 16.4 Å². The van der Waals surface area contributed by atoms with Crippen LogP contribution in [0.25, 0.3) is 32.6 Å². The minimum Gasteiger partial charge on any atom is -0.383 e. The van der Waals surface area contributed by atoms with E-state index in [-0.39, 0.29) is 11.9 Å². The first-order valence-electron chi connectivity index (χ1n) is 8.48. The molecule has 0 atom stereocenters. The highest BCUT2D eigenvalue weighted by Gasteiger charge is 2.15. The summed E-state index contributed by atoms with van der Waals surface area (Å²) in [6.07, 6.45) is 1.75. The summed E-state index contributed by atoms with van der Waals surface area (Å²) < 4.78 is 1.62. The van der Waals surface area contributed by atoms with Crippen molar-refractivity contribution in [2.75, 3.05) is 11.5 Å². The SMILES string of the molecule is Nc1nc(N)c2c(ccc3c2ccn3C(=O)c2ccc3ccccc3c2)n1. The monoisotopic (exact) mass is 353 g/mol. The van der Waals surface area contributed by atoms with Gasteiger partial charge in [-0.15, -0.1) is 0 Å². The van der Waals surface area contributed by atoms with Crippen LogP contribution >= 0.6 is 0 Å². The van der Waals surface area contributed by atoms with Crippen molar-refractivity contribution in [2.24, 2.45) is 0 Å². The van der Waals surface area contributed by atoms with Crippen molar-refractivity contribution >= 4 is 50.3 Å². The predicted octanol–water partition coefficient (Wildman–Crippen LogP) is 3.59. The first-order chi connectivity index (χ1) is 13.1. The molecule has 0 saturated carbocycles. The molecule has 0 aliphatic carbocycles.